The molecule has 0 spiro atoms. The van der Waals surface area contributed by atoms with Crippen molar-refractivity contribution in [2.24, 2.45) is 5.73 Å². The van der Waals surface area contributed by atoms with Crippen molar-refractivity contribution in [2.75, 3.05) is 11.9 Å². The van der Waals surface area contributed by atoms with Crippen LogP contribution >= 0.6 is 15.9 Å². The summed E-state index contributed by atoms with van der Waals surface area (Å²) in [4.78, 5) is 12.0. The average Bonchev–Trinajstić information content (AvgIpc) is 2.88. The Bertz CT molecular complexity index is 626. The molecular weight excluding hydrogens is 334 g/mol. The SMILES string of the molecule is Cc1cc(NC(=O)Cn2cc(CCCN)nn2)ccc1Br. The van der Waals surface area contributed by atoms with Crippen LogP contribution in [0.2, 0.25) is 0 Å². The van der Waals surface area contributed by atoms with Gasteiger partial charge in [0.1, 0.15) is 6.54 Å². The Hall–Kier alpha value is -1.73. The van der Waals surface area contributed by atoms with Crippen LogP contribution in [-0.4, -0.2) is 27.4 Å². The molecule has 0 saturated heterocycles. The van der Waals surface area contributed by atoms with Crippen molar-refractivity contribution >= 4 is 27.5 Å². The van der Waals surface area contributed by atoms with Gasteiger partial charge in [0.2, 0.25) is 5.91 Å². The summed E-state index contributed by atoms with van der Waals surface area (Å²) in [6, 6.07) is 5.67. The minimum absolute atomic E-state index is 0.132. The van der Waals surface area contributed by atoms with Crippen LogP contribution in [0, 0.1) is 6.92 Å². The van der Waals surface area contributed by atoms with Gasteiger partial charge in [-0.15, -0.1) is 5.10 Å². The van der Waals surface area contributed by atoms with Gasteiger partial charge in [0.25, 0.3) is 0 Å². The van der Waals surface area contributed by atoms with Crippen molar-refractivity contribution in [2.45, 2.75) is 26.3 Å². The van der Waals surface area contributed by atoms with E-state index in [1.54, 1.807) is 6.20 Å². The summed E-state index contributed by atoms with van der Waals surface area (Å²) in [6.45, 7) is 2.74. The molecule has 0 atom stereocenters. The van der Waals surface area contributed by atoms with Gasteiger partial charge < -0.3 is 11.1 Å². The molecule has 1 aromatic heterocycles. The summed E-state index contributed by atoms with van der Waals surface area (Å²) in [5, 5.41) is 10.8. The zero-order chi connectivity index (χ0) is 15.2. The van der Waals surface area contributed by atoms with Gasteiger partial charge in [0.15, 0.2) is 0 Å². The lowest BCUT2D eigenvalue weighted by Crippen LogP contribution is -2.19. The first-order valence-electron chi connectivity index (χ1n) is 6.73. The Balaban J connectivity index is 1.91. The van der Waals surface area contributed by atoms with Gasteiger partial charge in [0, 0.05) is 16.4 Å². The average molecular weight is 352 g/mol. The third kappa shape index (κ3) is 4.64. The number of amides is 1. The van der Waals surface area contributed by atoms with Crippen LogP contribution in [-0.2, 0) is 17.8 Å². The van der Waals surface area contributed by atoms with Crippen molar-refractivity contribution in [1.29, 1.82) is 0 Å². The number of anilines is 1. The largest absolute Gasteiger partial charge is 0.330 e. The number of hydrogen-bond donors (Lipinski definition) is 2. The Morgan fingerprint density at radius 1 is 1.48 bits per heavy atom. The fourth-order valence-corrected chi connectivity index (χ4v) is 2.13. The molecule has 1 amide bonds. The first-order chi connectivity index (χ1) is 10.1. The van der Waals surface area contributed by atoms with Gasteiger partial charge in [-0.2, -0.15) is 0 Å². The Morgan fingerprint density at radius 2 is 2.29 bits per heavy atom. The van der Waals surface area contributed by atoms with Crippen LogP contribution in [0.5, 0.6) is 0 Å². The van der Waals surface area contributed by atoms with Crippen LogP contribution in [0.4, 0.5) is 5.69 Å². The van der Waals surface area contributed by atoms with Crippen LogP contribution in [0.15, 0.2) is 28.9 Å². The van der Waals surface area contributed by atoms with Gasteiger partial charge in [-0.05, 0) is 50.1 Å². The number of aromatic nitrogens is 3. The number of benzene rings is 1. The molecule has 21 heavy (non-hydrogen) atoms. The summed E-state index contributed by atoms with van der Waals surface area (Å²) >= 11 is 3.43. The molecule has 2 rings (SSSR count). The molecule has 0 fully saturated rings. The maximum absolute atomic E-state index is 12.0. The molecular formula is C14H18BrN5O. The molecule has 0 aliphatic rings. The van der Waals surface area contributed by atoms with E-state index in [4.69, 9.17) is 5.73 Å². The number of nitrogens with zero attached hydrogens (tertiary/aromatic N) is 3. The number of hydrogen-bond acceptors (Lipinski definition) is 4. The fourth-order valence-electron chi connectivity index (χ4n) is 1.88. The van der Waals surface area contributed by atoms with E-state index in [1.165, 1.54) is 4.68 Å². The molecule has 112 valence electrons. The standard InChI is InChI=1S/C14H18BrN5O/c1-10-7-11(4-5-13(10)15)17-14(21)9-20-8-12(18-19-20)3-2-6-16/h4-5,7-8H,2-3,6,9,16H2,1H3,(H,17,21). The lowest BCUT2D eigenvalue weighted by Gasteiger charge is -2.06. The zero-order valence-electron chi connectivity index (χ0n) is 11.8. The van der Waals surface area contributed by atoms with Gasteiger partial charge in [-0.3, -0.25) is 4.79 Å². The second-order valence-corrected chi connectivity index (χ2v) is 5.67. The number of nitrogens with one attached hydrogen (secondary N) is 1. The van der Waals surface area contributed by atoms with Gasteiger partial charge in [-0.1, -0.05) is 21.1 Å². The van der Waals surface area contributed by atoms with E-state index in [0.717, 1.165) is 34.3 Å². The molecule has 0 bridgehead atoms. The second-order valence-electron chi connectivity index (χ2n) is 4.81. The number of nitrogens with two attached hydrogens (primary N) is 1. The number of rotatable bonds is 6. The van der Waals surface area contributed by atoms with Crippen molar-refractivity contribution in [1.82, 2.24) is 15.0 Å². The molecule has 0 radical (unpaired) electrons. The van der Waals surface area contributed by atoms with E-state index in [-0.39, 0.29) is 12.5 Å². The van der Waals surface area contributed by atoms with Crippen LogP contribution in [0.25, 0.3) is 0 Å². The molecule has 6 nitrogen and oxygen atoms in total. The van der Waals surface area contributed by atoms with Crippen LogP contribution < -0.4 is 11.1 Å². The molecule has 0 unspecified atom stereocenters. The van der Waals surface area contributed by atoms with Crippen LogP contribution in [0.3, 0.4) is 0 Å². The monoisotopic (exact) mass is 351 g/mol. The highest BCUT2D eigenvalue weighted by Crippen LogP contribution is 2.19. The summed E-state index contributed by atoms with van der Waals surface area (Å²) in [7, 11) is 0. The lowest BCUT2D eigenvalue weighted by molar-refractivity contribution is -0.116. The maximum atomic E-state index is 12.0. The molecule has 1 aromatic carbocycles. The van der Waals surface area contributed by atoms with E-state index in [0.29, 0.717) is 6.54 Å². The third-order valence-corrected chi connectivity index (χ3v) is 3.86. The van der Waals surface area contributed by atoms with E-state index in [9.17, 15) is 4.79 Å². The highest BCUT2D eigenvalue weighted by molar-refractivity contribution is 9.10. The topological polar surface area (TPSA) is 85.8 Å². The normalized spacial score (nSPS) is 10.6. The van der Waals surface area contributed by atoms with Gasteiger partial charge in [0.05, 0.1) is 5.69 Å². The van der Waals surface area contributed by atoms with E-state index in [1.807, 2.05) is 25.1 Å². The smallest absolute Gasteiger partial charge is 0.246 e. The highest BCUT2D eigenvalue weighted by atomic mass is 79.9. The van der Waals surface area contributed by atoms with Crippen molar-refractivity contribution in [3.05, 3.63) is 40.1 Å². The Labute approximate surface area is 131 Å². The first kappa shape index (κ1) is 15.7. The van der Waals surface area contributed by atoms with E-state index in [2.05, 4.69) is 31.6 Å². The van der Waals surface area contributed by atoms with Crippen molar-refractivity contribution < 1.29 is 4.79 Å². The number of carbonyl (C=O) groups is 1. The number of aryl methyl sites for hydroxylation is 2. The second kappa shape index (κ2) is 7.33. The Morgan fingerprint density at radius 3 is 3.00 bits per heavy atom. The lowest BCUT2D eigenvalue weighted by atomic mass is 10.2. The Kier molecular flexibility index (Phi) is 5.46. The number of halogens is 1. The van der Waals surface area contributed by atoms with E-state index < -0.39 is 0 Å². The maximum Gasteiger partial charge on any atom is 0.246 e. The number of carbonyl (C=O) groups excluding carboxylic acids is 1. The van der Waals surface area contributed by atoms with Crippen LogP contribution in [0.1, 0.15) is 17.7 Å². The molecule has 7 heteroatoms. The quantitative estimate of drug-likeness (QED) is 0.831. The summed E-state index contributed by atoms with van der Waals surface area (Å²) in [6.07, 6.45) is 3.43. The minimum atomic E-state index is -0.132. The molecule has 0 aliphatic heterocycles. The molecule has 0 aliphatic carbocycles. The summed E-state index contributed by atoms with van der Waals surface area (Å²) < 4.78 is 2.55. The molecule has 3 N–H and O–H groups in total. The highest BCUT2D eigenvalue weighted by Gasteiger charge is 2.07. The van der Waals surface area contributed by atoms with E-state index >= 15 is 0 Å². The van der Waals surface area contributed by atoms with Gasteiger partial charge in [-0.25, -0.2) is 4.68 Å². The van der Waals surface area contributed by atoms with Crippen molar-refractivity contribution in [3.8, 4) is 0 Å². The van der Waals surface area contributed by atoms with Gasteiger partial charge >= 0.3 is 0 Å². The molecule has 1 heterocycles. The third-order valence-electron chi connectivity index (χ3n) is 2.97. The molecule has 0 saturated carbocycles. The summed E-state index contributed by atoms with van der Waals surface area (Å²) in [5.41, 5.74) is 8.14. The summed E-state index contributed by atoms with van der Waals surface area (Å²) in [5.74, 6) is -0.132. The first-order valence-corrected chi connectivity index (χ1v) is 7.53. The predicted octanol–water partition coefficient (Wildman–Crippen LogP) is 1.88. The fraction of sp³-hybridized carbons (Fsp3) is 0.357. The van der Waals surface area contributed by atoms with Crippen molar-refractivity contribution in [3.63, 3.8) is 0 Å². The molecule has 2 aromatic rings. The predicted molar refractivity (Wildman–Crippen MR) is 84.9 cm³/mol. The zero-order valence-corrected chi connectivity index (χ0v) is 13.4. The minimum Gasteiger partial charge on any atom is -0.330 e.